The van der Waals surface area contributed by atoms with E-state index in [1.54, 1.807) is 21.8 Å². The Morgan fingerprint density at radius 3 is 2.69 bits per heavy atom. The van der Waals surface area contributed by atoms with Crippen LogP contribution in [0.5, 0.6) is 5.75 Å². The molecule has 1 saturated heterocycles. The number of aromatic nitrogens is 3. The number of fused-ring (bicyclic) bond motifs is 1. The van der Waals surface area contributed by atoms with Crippen LogP contribution >= 0.6 is 0 Å². The third-order valence-electron chi connectivity index (χ3n) is 6.49. The number of ether oxygens (including phenoxy) is 1. The Labute approximate surface area is 183 Å². The van der Waals surface area contributed by atoms with E-state index >= 15 is 0 Å². The highest BCUT2D eigenvalue weighted by atomic mass is 19.1. The van der Waals surface area contributed by atoms with Crippen molar-refractivity contribution < 1.29 is 23.2 Å². The molecule has 0 spiro atoms. The van der Waals surface area contributed by atoms with Gasteiger partial charge >= 0.3 is 0 Å². The van der Waals surface area contributed by atoms with Crippen LogP contribution in [0.15, 0.2) is 35.0 Å². The number of carbonyl (C=O) groups is 2. The van der Waals surface area contributed by atoms with Crippen molar-refractivity contribution in [2.75, 3.05) is 13.1 Å². The Hall–Kier alpha value is -3.49. The molecule has 0 unspecified atom stereocenters. The normalized spacial score (nSPS) is 19.0. The van der Waals surface area contributed by atoms with Crippen molar-refractivity contribution in [3.05, 3.63) is 53.2 Å². The second kappa shape index (κ2) is 7.89. The summed E-state index contributed by atoms with van der Waals surface area (Å²) in [6, 6.07) is 5.69. The fourth-order valence-corrected chi connectivity index (χ4v) is 4.46. The van der Waals surface area contributed by atoms with Crippen LogP contribution < -0.4 is 4.74 Å². The number of hydrogen-bond donors (Lipinski definition) is 0. The van der Waals surface area contributed by atoms with E-state index in [0.29, 0.717) is 43.0 Å². The highest BCUT2D eigenvalue weighted by Crippen LogP contribution is 2.34. The zero-order chi connectivity index (χ0) is 22.4. The molecule has 5 rings (SSSR count). The number of amides is 1. The quantitative estimate of drug-likeness (QED) is 0.623. The molecule has 3 aromatic rings. The fraction of sp³-hybridized carbons (Fsp3) is 0.391. The number of Topliss-reactive ketones (excluding diaryl/α,β-unsaturated/α-hetero) is 1. The zero-order valence-electron chi connectivity index (χ0n) is 17.9. The van der Waals surface area contributed by atoms with Crippen molar-refractivity contribution in [3.8, 4) is 17.1 Å². The lowest BCUT2D eigenvalue weighted by molar-refractivity contribution is 0.0446. The number of halogens is 1. The monoisotopic (exact) mass is 438 g/mol. The third kappa shape index (κ3) is 3.57. The molecule has 0 aliphatic carbocycles. The van der Waals surface area contributed by atoms with Crippen LogP contribution in [0.4, 0.5) is 4.39 Å². The molecule has 0 N–H and O–H groups in total. The van der Waals surface area contributed by atoms with Gasteiger partial charge in [0.2, 0.25) is 0 Å². The highest BCUT2D eigenvalue weighted by Gasteiger charge is 2.36. The Balaban J connectivity index is 1.23. The first kappa shape index (κ1) is 20.4. The predicted molar refractivity (Wildman–Crippen MR) is 112 cm³/mol. The van der Waals surface area contributed by atoms with Crippen LogP contribution in [-0.2, 0) is 7.05 Å². The van der Waals surface area contributed by atoms with Gasteiger partial charge in [0.1, 0.15) is 17.7 Å². The van der Waals surface area contributed by atoms with Gasteiger partial charge in [-0.3, -0.25) is 14.3 Å². The Bertz CT molecular complexity index is 1190. The number of rotatable bonds is 3. The minimum atomic E-state index is -0.444. The molecule has 1 aromatic carbocycles. The molecule has 4 heterocycles. The van der Waals surface area contributed by atoms with E-state index in [9.17, 15) is 14.0 Å². The van der Waals surface area contributed by atoms with E-state index < -0.39 is 5.82 Å². The van der Waals surface area contributed by atoms with E-state index in [1.807, 2.05) is 14.0 Å². The molecule has 0 bridgehead atoms. The summed E-state index contributed by atoms with van der Waals surface area (Å²) < 4.78 is 26.6. The number of benzene rings is 1. The number of likely N-dealkylation sites (tertiary alicyclic amines) is 1. The summed E-state index contributed by atoms with van der Waals surface area (Å²) in [6.45, 7) is 3.01. The molecule has 2 aliphatic heterocycles. The number of carbonyl (C=O) groups excluding carboxylic acids is 2. The van der Waals surface area contributed by atoms with Gasteiger partial charge in [0, 0.05) is 38.3 Å². The van der Waals surface area contributed by atoms with E-state index in [-0.39, 0.29) is 35.8 Å². The van der Waals surface area contributed by atoms with Crippen molar-refractivity contribution in [3.63, 3.8) is 0 Å². The lowest BCUT2D eigenvalue weighted by atomic mass is 9.86. The topological polar surface area (TPSA) is 90.5 Å². The first-order valence-electron chi connectivity index (χ1n) is 10.6. The van der Waals surface area contributed by atoms with Gasteiger partial charge in [-0.2, -0.15) is 5.10 Å². The van der Waals surface area contributed by atoms with Crippen molar-refractivity contribution in [1.82, 2.24) is 19.8 Å². The standard InChI is InChI=1S/C23H23FN4O4/c1-13-17(12-25-27(13)2)22-10-18(26-32-22)23(30)28-7-5-14(6-8-28)21-11-19(29)16-9-15(24)3-4-20(16)31-21/h3-4,9-10,12,14,21H,5-8,11H2,1-2H3/t21-/m0/s1. The first-order valence-corrected chi connectivity index (χ1v) is 10.6. The maximum Gasteiger partial charge on any atom is 0.276 e. The second-order valence-corrected chi connectivity index (χ2v) is 8.40. The number of hydrogen-bond acceptors (Lipinski definition) is 6. The number of ketones is 1. The molecule has 9 heteroatoms. The molecule has 1 atom stereocenters. The molecular formula is C23H23FN4O4. The average molecular weight is 438 g/mol. The van der Waals surface area contributed by atoms with Crippen molar-refractivity contribution >= 4 is 11.7 Å². The maximum absolute atomic E-state index is 13.4. The van der Waals surface area contributed by atoms with Crippen LogP contribution in [0.3, 0.4) is 0 Å². The van der Waals surface area contributed by atoms with E-state index in [2.05, 4.69) is 10.3 Å². The SMILES string of the molecule is Cc1c(-c2cc(C(=O)N3CCC([C@@H]4CC(=O)c5cc(F)ccc5O4)CC3)no2)cnn1C. The molecule has 166 valence electrons. The van der Waals surface area contributed by atoms with Gasteiger partial charge in [-0.05, 0) is 43.9 Å². The Morgan fingerprint density at radius 1 is 1.19 bits per heavy atom. The Morgan fingerprint density at radius 2 is 1.97 bits per heavy atom. The summed E-state index contributed by atoms with van der Waals surface area (Å²) >= 11 is 0. The van der Waals surface area contributed by atoms with Crippen molar-refractivity contribution in [2.24, 2.45) is 13.0 Å². The summed E-state index contributed by atoms with van der Waals surface area (Å²) in [5, 5.41) is 8.16. The van der Waals surface area contributed by atoms with Gasteiger partial charge in [0.05, 0.1) is 17.3 Å². The average Bonchev–Trinajstić information content (AvgIpc) is 3.41. The smallest absolute Gasteiger partial charge is 0.276 e. The largest absolute Gasteiger partial charge is 0.489 e. The molecule has 32 heavy (non-hydrogen) atoms. The van der Waals surface area contributed by atoms with Crippen LogP contribution in [0.1, 0.15) is 45.8 Å². The molecule has 0 radical (unpaired) electrons. The fourth-order valence-electron chi connectivity index (χ4n) is 4.46. The van der Waals surface area contributed by atoms with Crippen LogP contribution in [0.25, 0.3) is 11.3 Å². The summed E-state index contributed by atoms with van der Waals surface area (Å²) in [4.78, 5) is 27.1. The van der Waals surface area contributed by atoms with Gasteiger partial charge in [-0.25, -0.2) is 4.39 Å². The minimum Gasteiger partial charge on any atom is -0.489 e. The van der Waals surface area contributed by atoms with Gasteiger partial charge in [0.15, 0.2) is 17.2 Å². The number of piperidine rings is 1. The van der Waals surface area contributed by atoms with E-state index in [4.69, 9.17) is 9.26 Å². The van der Waals surface area contributed by atoms with E-state index in [1.165, 1.54) is 18.2 Å². The summed E-state index contributed by atoms with van der Waals surface area (Å²) in [5.41, 5.74) is 2.30. The van der Waals surface area contributed by atoms with Crippen molar-refractivity contribution in [1.29, 1.82) is 0 Å². The Kier molecular flexibility index (Phi) is 5.03. The van der Waals surface area contributed by atoms with E-state index in [0.717, 1.165) is 11.3 Å². The van der Waals surface area contributed by atoms with Crippen LogP contribution in [0.2, 0.25) is 0 Å². The first-order chi connectivity index (χ1) is 15.4. The van der Waals surface area contributed by atoms with Gasteiger partial charge < -0.3 is 14.2 Å². The van der Waals surface area contributed by atoms with Crippen molar-refractivity contribution in [2.45, 2.75) is 32.3 Å². The molecule has 2 aliphatic rings. The highest BCUT2D eigenvalue weighted by molar-refractivity contribution is 6.00. The van der Waals surface area contributed by atoms with Gasteiger partial charge in [-0.1, -0.05) is 5.16 Å². The van der Waals surface area contributed by atoms with Crippen LogP contribution in [0, 0.1) is 18.7 Å². The molecular weight excluding hydrogens is 415 g/mol. The summed E-state index contributed by atoms with van der Waals surface area (Å²) in [5.74, 6) is 0.370. The lowest BCUT2D eigenvalue weighted by Gasteiger charge is -2.37. The maximum atomic E-state index is 13.4. The van der Waals surface area contributed by atoms with Gasteiger partial charge in [-0.15, -0.1) is 0 Å². The molecule has 1 amide bonds. The summed E-state index contributed by atoms with van der Waals surface area (Å²) in [7, 11) is 1.84. The minimum absolute atomic E-state index is 0.102. The number of nitrogens with zero attached hydrogens (tertiary/aromatic N) is 4. The summed E-state index contributed by atoms with van der Waals surface area (Å²) in [6.07, 6.45) is 3.09. The molecule has 2 aromatic heterocycles. The lowest BCUT2D eigenvalue weighted by Crippen LogP contribution is -2.44. The third-order valence-corrected chi connectivity index (χ3v) is 6.49. The molecule has 8 nitrogen and oxygen atoms in total. The molecule has 0 saturated carbocycles. The zero-order valence-corrected chi connectivity index (χ0v) is 17.9. The second-order valence-electron chi connectivity index (χ2n) is 8.40. The number of aryl methyl sites for hydroxylation is 1. The predicted octanol–water partition coefficient (Wildman–Crippen LogP) is 3.41. The van der Waals surface area contributed by atoms with Crippen LogP contribution in [-0.4, -0.2) is 50.7 Å². The molecule has 1 fully saturated rings. The van der Waals surface area contributed by atoms with Gasteiger partial charge in [0.25, 0.3) is 5.91 Å².